The summed E-state index contributed by atoms with van der Waals surface area (Å²) in [5, 5.41) is 0. The molecule has 0 radical (unpaired) electrons. The Kier molecular flexibility index (Phi) is 4.39. The molecule has 0 amide bonds. The molecule has 1 aromatic carbocycles. The number of hydrogen-bond acceptors (Lipinski definition) is 2. The van der Waals surface area contributed by atoms with Crippen LogP contribution in [-0.4, -0.2) is 18.5 Å². The molecule has 2 N–H and O–H groups in total. The Bertz CT molecular complexity index is 355. The van der Waals surface area contributed by atoms with Crippen LogP contribution in [0, 0.1) is 5.41 Å². The van der Waals surface area contributed by atoms with Crippen LogP contribution in [0.15, 0.2) is 22.7 Å². The van der Waals surface area contributed by atoms with E-state index in [1.54, 1.807) is 0 Å². The van der Waals surface area contributed by atoms with Crippen molar-refractivity contribution in [3.8, 4) is 0 Å². The van der Waals surface area contributed by atoms with Crippen molar-refractivity contribution in [2.24, 2.45) is 5.41 Å². The molecule has 0 fully saturated rings. The maximum absolute atomic E-state index is 5.86. The number of nitrogens with two attached hydrogens (primary N) is 1. The number of nitrogens with zero attached hydrogens (tertiary/aromatic N) is 1. The molecule has 0 aliphatic rings. The van der Waals surface area contributed by atoms with Crippen LogP contribution in [0.1, 0.15) is 26.3 Å². The molecule has 16 heavy (non-hydrogen) atoms. The predicted molar refractivity (Wildman–Crippen MR) is 74.3 cm³/mol. The van der Waals surface area contributed by atoms with Gasteiger partial charge in [-0.2, -0.15) is 0 Å². The third-order valence-electron chi connectivity index (χ3n) is 2.29. The van der Waals surface area contributed by atoms with Crippen molar-refractivity contribution in [2.75, 3.05) is 19.3 Å². The highest BCUT2D eigenvalue weighted by molar-refractivity contribution is 9.10. The van der Waals surface area contributed by atoms with E-state index in [0.717, 1.165) is 23.2 Å². The maximum Gasteiger partial charge on any atom is 0.0461 e. The average molecular weight is 285 g/mol. The van der Waals surface area contributed by atoms with Gasteiger partial charge in [0.05, 0.1) is 0 Å². The highest BCUT2D eigenvalue weighted by Crippen LogP contribution is 2.25. The van der Waals surface area contributed by atoms with E-state index in [2.05, 4.69) is 54.7 Å². The van der Waals surface area contributed by atoms with E-state index in [-0.39, 0.29) is 0 Å². The molecule has 0 aromatic heterocycles. The molecule has 0 saturated heterocycles. The summed E-state index contributed by atoms with van der Waals surface area (Å²) in [5.74, 6) is 0. The minimum atomic E-state index is 0.321. The quantitative estimate of drug-likeness (QED) is 0.861. The molecule has 0 aliphatic heterocycles. The van der Waals surface area contributed by atoms with Crippen molar-refractivity contribution in [3.05, 3.63) is 28.2 Å². The third-order valence-corrected chi connectivity index (χ3v) is 3.26. The summed E-state index contributed by atoms with van der Waals surface area (Å²) >= 11 is 3.54. The fraction of sp³-hybridized carbons (Fsp3) is 0.538. The number of halogens is 1. The van der Waals surface area contributed by atoms with Crippen molar-refractivity contribution >= 4 is 21.6 Å². The molecular weight excluding hydrogens is 264 g/mol. The third kappa shape index (κ3) is 4.14. The molecule has 0 heterocycles. The van der Waals surface area contributed by atoms with Crippen molar-refractivity contribution in [3.63, 3.8) is 0 Å². The lowest BCUT2D eigenvalue weighted by Gasteiger charge is -2.26. The highest BCUT2D eigenvalue weighted by atomic mass is 79.9. The van der Waals surface area contributed by atoms with Crippen molar-refractivity contribution in [1.29, 1.82) is 0 Å². The number of rotatable bonds is 3. The van der Waals surface area contributed by atoms with Crippen LogP contribution in [-0.2, 0) is 6.54 Å². The van der Waals surface area contributed by atoms with Crippen LogP contribution in [0.25, 0.3) is 0 Å². The van der Waals surface area contributed by atoms with Gasteiger partial charge in [0.15, 0.2) is 0 Å². The normalized spacial score (nSPS) is 12.1. The Morgan fingerprint density at radius 3 is 2.50 bits per heavy atom. The lowest BCUT2D eigenvalue weighted by atomic mass is 9.96. The first-order valence-electron chi connectivity index (χ1n) is 5.51. The summed E-state index contributed by atoms with van der Waals surface area (Å²) in [6.45, 7) is 8.73. The summed E-state index contributed by atoms with van der Waals surface area (Å²) < 4.78 is 1.02. The standard InChI is InChI=1S/C13H21BrN2/c1-13(2,3)9-16(4)8-10-6-5-7-11(15)12(10)14/h5-7H,8-9,15H2,1-4H3. The van der Waals surface area contributed by atoms with Gasteiger partial charge in [0.1, 0.15) is 0 Å². The van der Waals surface area contributed by atoms with Gasteiger partial charge in [-0.05, 0) is 40.0 Å². The van der Waals surface area contributed by atoms with Crippen molar-refractivity contribution < 1.29 is 0 Å². The fourth-order valence-corrected chi connectivity index (χ4v) is 2.27. The lowest BCUT2D eigenvalue weighted by Crippen LogP contribution is -2.29. The summed E-state index contributed by atoms with van der Waals surface area (Å²) in [6.07, 6.45) is 0. The van der Waals surface area contributed by atoms with Gasteiger partial charge < -0.3 is 10.6 Å². The maximum atomic E-state index is 5.86. The molecule has 0 aliphatic carbocycles. The summed E-state index contributed by atoms with van der Waals surface area (Å²) in [6, 6.07) is 6.03. The zero-order valence-electron chi connectivity index (χ0n) is 10.5. The zero-order valence-corrected chi connectivity index (χ0v) is 12.1. The molecule has 1 aromatic rings. The van der Waals surface area contributed by atoms with Crippen molar-refractivity contribution in [2.45, 2.75) is 27.3 Å². The second kappa shape index (κ2) is 5.19. The van der Waals surface area contributed by atoms with Gasteiger partial charge in [-0.3, -0.25) is 0 Å². The van der Waals surface area contributed by atoms with Gasteiger partial charge in [-0.25, -0.2) is 0 Å². The number of hydrogen-bond donors (Lipinski definition) is 1. The molecule has 0 spiro atoms. The minimum absolute atomic E-state index is 0.321. The van der Waals surface area contributed by atoms with Crippen LogP contribution < -0.4 is 5.73 Å². The number of anilines is 1. The second-order valence-corrected chi connectivity index (χ2v) is 6.35. The van der Waals surface area contributed by atoms with Gasteiger partial charge in [-0.1, -0.05) is 32.9 Å². The van der Waals surface area contributed by atoms with Crippen LogP contribution in [0.2, 0.25) is 0 Å². The van der Waals surface area contributed by atoms with Gasteiger partial charge in [0.2, 0.25) is 0 Å². The van der Waals surface area contributed by atoms with E-state index in [0.29, 0.717) is 5.41 Å². The Morgan fingerprint density at radius 2 is 1.94 bits per heavy atom. The zero-order chi connectivity index (χ0) is 12.3. The molecule has 1 rings (SSSR count). The molecule has 2 nitrogen and oxygen atoms in total. The smallest absolute Gasteiger partial charge is 0.0461 e. The molecule has 0 bridgehead atoms. The SMILES string of the molecule is CN(Cc1cccc(N)c1Br)CC(C)(C)C. The van der Waals surface area contributed by atoms with E-state index in [1.807, 2.05) is 12.1 Å². The van der Waals surface area contributed by atoms with Crippen LogP contribution >= 0.6 is 15.9 Å². The average Bonchev–Trinajstić information content (AvgIpc) is 2.09. The minimum Gasteiger partial charge on any atom is -0.398 e. The molecule has 0 saturated carbocycles. The second-order valence-electron chi connectivity index (χ2n) is 5.55. The van der Waals surface area contributed by atoms with Gasteiger partial charge in [0, 0.05) is 23.2 Å². The first-order chi connectivity index (χ1) is 7.29. The van der Waals surface area contributed by atoms with Gasteiger partial charge in [0.25, 0.3) is 0 Å². The summed E-state index contributed by atoms with van der Waals surface area (Å²) in [5.41, 5.74) is 8.23. The first-order valence-corrected chi connectivity index (χ1v) is 6.30. The van der Waals surface area contributed by atoms with E-state index in [9.17, 15) is 0 Å². The van der Waals surface area contributed by atoms with E-state index in [4.69, 9.17) is 5.73 Å². The van der Waals surface area contributed by atoms with Crippen LogP contribution in [0.5, 0.6) is 0 Å². The molecule has 90 valence electrons. The van der Waals surface area contributed by atoms with Gasteiger partial charge >= 0.3 is 0 Å². The first kappa shape index (κ1) is 13.5. The Balaban J connectivity index is 2.70. The van der Waals surface area contributed by atoms with Crippen LogP contribution in [0.4, 0.5) is 5.69 Å². The molecule has 0 atom stereocenters. The van der Waals surface area contributed by atoms with Crippen LogP contribution in [0.3, 0.4) is 0 Å². The monoisotopic (exact) mass is 284 g/mol. The fourth-order valence-electron chi connectivity index (χ4n) is 1.88. The Hall–Kier alpha value is -0.540. The molecule has 3 heteroatoms. The molecular formula is C13H21BrN2. The van der Waals surface area contributed by atoms with Gasteiger partial charge in [-0.15, -0.1) is 0 Å². The molecule has 0 unspecified atom stereocenters. The predicted octanol–water partition coefficient (Wildman–Crippen LogP) is 3.51. The van der Waals surface area contributed by atoms with E-state index < -0.39 is 0 Å². The highest BCUT2D eigenvalue weighted by Gasteiger charge is 2.14. The van der Waals surface area contributed by atoms with E-state index >= 15 is 0 Å². The Labute approximate surface area is 107 Å². The largest absolute Gasteiger partial charge is 0.398 e. The van der Waals surface area contributed by atoms with Crippen molar-refractivity contribution in [1.82, 2.24) is 4.90 Å². The lowest BCUT2D eigenvalue weighted by molar-refractivity contribution is 0.220. The Morgan fingerprint density at radius 1 is 1.31 bits per heavy atom. The number of benzene rings is 1. The topological polar surface area (TPSA) is 29.3 Å². The number of nitrogen functional groups attached to an aromatic ring is 1. The summed E-state index contributed by atoms with van der Waals surface area (Å²) in [7, 11) is 2.14. The summed E-state index contributed by atoms with van der Waals surface area (Å²) in [4.78, 5) is 2.32. The van der Waals surface area contributed by atoms with E-state index in [1.165, 1.54) is 5.56 Å².